The summed E-state index contributed by atoms with van der Waals surface area (Å²) in [6, 6.07) is 8.76. The number of benzene rings is 2. The predicted octanol–water partition coefficient (Wildman–Crippen LogP) is 4.24. The van der Waals surface area contributed by atoms with E-state index in [2.05, 4.69) is 9.47 Å². The van der Waals surface area contributed by atoms with Gasteiger partial charge in [0.2, 0.25) is 0 Å². The van der Waals surface area contributed by atoms with Gasteiger partial charge in [-0.3, -0.25) is 4.79 Å². The number of allylic oxidation sites excluding steroid dienone is 1. The monoisotopic (exact) mass is 382 g/mol. The molecule has 1 N–H and O–H groups in total. The van der Waals surface area contributed by atoms with E-state index in [0.717, 1.165) is 18.2 Å². The third-order valence-corrected chi connectivity index (χ3v) is 3.63. The van der Waals surface area contributed by atoms with Gasteiger partial charge in [-0.2, -0.15) is 17.6 Å². The molecule has 0 amide bonds. The van der Waals surface area contributed by atoms with Crippen LogP contribution in [0.5, 0.6) is 11.5 Å². The van der Waals surface area contributed by atoms with Crippen LogP contribution in [-0.4, -0.2) is 29.1 Å². The second-order valence-electron chi connectivity index (χ2n) is 5.49. The number of hydrogen-bond donors (Lipinski definition) is 1. The van der Waals surface area contributed by atoms with Gasteiger partial charge in [-0.05, 0) is 29.8 Å². The first kappa shape index (κ1) is 18.4. The third-order valence-electron chi connectivity index (χ3n) is 3.63. The van der Waals surface area contributed by atoms with Crippen LogP contribution in [0.4, 0.5) is 17.6 Å². The van der Waals surface area contributed by atoms with Gasteiger partial charge in [-0.15, -0.1) is 0 Å². The van der Waals surface area contributed by atoms with Crippen molar-refractivity contribution in [3.05, 3.63) is 65.2 Å². The Morgan fingerprint density at radius 1 is 0.889 bits per heavy atom. The molecule has 0 saturated carbocycles. The molecule has 0 unspecified atom stereocenters. The highest BCUT2D eigenvalue weighted by atomic mass is 19.3. The van der Waals surface area contributed by atoms with Crippen LogP contribution in [0.3, 0.4) is 0 Å². The van der Waals surface area contributed by atoms with Crippen molar-refractivity contribution in [2.24, 2.45) is 0 Å². The molecule has 0 aliphatic carbocycles. The zero-order valence-electron chi connectivity index (χ0n) is 13.3. The number of carboxylic acids is 1. The van der Waals surface area contributed by atoms with Gasteiger partial charge < -0.3 is 14.6 Å². The Hall–Kier alpha value is -3.36. The fraction of sp³-hybridized carbons (Fsp3) is 0.111. The number of aromatic carboxylic acids is 1. The molecule has 0 saturated heterocycles. The van der Waals surface area contributed by atoms with Gasteiger partial charge >= 0.3 is 18.2 Å². The SMILES string of the molecule is O=C(O)c1ccccc1C(=O)/C=C/c1ccc2c(c1)OC(F)(F)C(F)(F)O2. The number of fused-ring (bicyclic) bond motifs is 1. The van der Waals surface area contributed by atoms with E-state index in [4.69, 9.17) is 5.11 Å². The molecule has 0 atom stereocenters. The molecule has 0 spiro atoms. The summed E-state index contributed by atoms with van der Waals surface area (Å²) in [5, 5.41) is 9.08. The highest BCUT2D eigenvalue weighted by molar-refractivity contribution is 6.12. The number of rotatable bonds is 4. The van der Waals surface area contributed by atoms with Crippen LogP contribution in [0.25, 0.3) is 6.08 Å². The van der Waals surface area contributed by atoms with Gasteiger partial charge in [-0.25, -0.2) is 4.79 Å². The minimum Gasteiger partial charge on any atom is -0.478 e. The van der Waals surface area contributed by atoms with Crippen molar-refractivity contribution in [1.29, 1.82) is 0 Å². The van der Waals surface area contributed by atoms with Crippen LogP contribution in [0.1, 0.15) is 26.3 Å². The van der Waals surface area contributed by atoms with Crippen molar-refractivity contribution in [3.8, 4) is 11.5 Å². The summed E-state index contributed by atoms with van der Waals surface area (Å²) in [5.74, 6) is -3.12. The Kier molecular flexibility index (Phi) is 4.38. The van der Waals surface area contributed by atoms with Crippen LogP contribution < -0.4 is 9.47 Å². The molecular weight excluding hydrogens is 372 g/mol. The fourth-order valence-electron chi connectivity index (χ4n) is 2.33. The quantitative estimate of drug-likeness (QED) is 0.487. The van der Waals surface area contributed by atoms with Crippen LogP contribution in [0.15, 0.2) is 48.5 Å². The van der Waals surface area contributed by atoms with E-state index >= 15 is 0 Å². The Morgan fingerprint density at radius 3 is 2.11 bits per heavy atom. The van der Waals surface area contributed by atoms with E-state index in [1.165, 1.54) is 36.4 Å². The van der Waals surface area contributed by atoms with Crippen molar-refractivity contribution in [2.45, 2.75) is 12.2 Å². The number of halogens is 4. The number of ether oxygens (including phenoxy) is 2. The van der Waals surface area contributed by atoms with E-state index < -0.39 is 35.5 Å². The number of carboxylic acid groups (broad SMARTS) is 1. The Labute approximate surface area is 149 Å². The predicted molar refractivity (Wildman–Crippen MR) is 84.4 cm³/mol. The van der Waals surface area contributed by atoms with E-state index in [-0.39, 0.29) is 16.7 Å². The van der Waals surface area contributed by atoms with Crippen molar-refractivity contribution in [1.82, 2.24) is 0 Å². The molecule has 3 rings (SSSR count). The van der Waals surface area contributed by atoms with Crippen LogP contribution in [0, 0.1) is 0 Å². The van der Waals surface area contributed by atoms with Crippen LogP contribution in [-0.2, 0) is 0 Å². The molecule has 9 heteroatoms. The number of carbonyl (C=O) groups excluding carboxylic acids is 1. The maximum atomic E-state index is 13.2. The van der Waals surface area contributed by atoms with Gasteiger partial charge in [0.1, 0.15) is 0 Å². The first-order valence-corrected chi connectivity index (χ1v) is 7.43. The molecule has 0 bridgehead atoms. The Bertz CT molecular complexity index is 953. The minimum atomic E-state index is -4.85. The summed E-state index contributed by atoms with van der Waals surface area (Å²) < 4.78 is 60.6. The lowest BCUT2D eigenvalue weighted by Gasteiger charge is -2.31. The first-order valence-electron chi connectivity index (χ1n) is 7.43. The topological polar surface area (TPSA) is 72.8 Å². The van der Waals surface area contributed by atoms with Gasteiger partial charge in [0.05, 0.1) is 5.56 Å². The van der Waals surface area contributed by atoms with E-state index in [1.54, 1.807) is 0 Å². The molecule has 0 aromatic heterocycles. The van der Waals surface area contributed by atoms with Gasteiger partial charge in [0.15, 0.2) is 17.3 Å². The van der Waals surface area contributed by atoms with Gasteiger partial charge in [0, 0.05) is 5.56 Å². The highest BCUT2D eigenvalue weighted by Crippen LogP contribution is 2.47. The summed E-state index contributed by atoms with van der Waals surface area (Å²) in [6.07, 6.45) is -7.43. The smallest absolute Gasteiger partial charge is 0.478 e. The summed E-state index contributed by atoms with van der Waals surface area (Å²) in [5.41, 5.74) is -0.0827. The van der Waals surface area contributed by atoms with E-state index in [9.17, 15) is 27.2 Å². The summed E-state index contributed by atoms with van der Waals surface area (Å²) >= 11 is 0. The second kappa shape index (κ2) is 6.42. The zero-order valence-corrected chi connectivity index (χ0v) is 13.3. The molecule has 0 radical (unpaired) electrons. The summed E-state index contributed by atoms with van der Waals surface area (Å²) in [6.45, 7) is 0. The summed E-state index contributed by atoms with van der Waals surface area (Å²) in [7, 11) is 0. The standard InChI is InChI=1S/C18H10F4O5/c19-17(20)18(21,22)27-15-9-10(6-8-14(15)26-17)5-7-13(23)11-3-1-2-4-12(11)16(24)25/h1-9H,(H,24,25)/b7-5+. The first-order chi connectivity index (χ1) is 12.6. The molecule has 2 aromatic carbocycles. The van der Waals surface area contributed by atoms with Crippen molar-refractivity contribution >= 4 is 17.8 Å². The molecule has 1 aliphatic heterocycles. The minimum absolute atomic E-state index is 0.0648. The fourth-order valence-corrected chi connectivity index (χ4v) is 2.33. The highest BCUT2D eigenvalue weighted by Gasteiger charge is 2.65. The largest absolute Gasteiger partial charge is 0.507 e. The lowest BCUT2D eigenvalue weighted by atomic mass is 10.0. The molecule has 1 heterocycles. The molecular formula is C18H10F4O5. The van der Waals surface area contributed by atoms with Gasteiger partial charge in [0.25, 0.3) is 0 Å². The average molecular weight is 382 g/mol. The summed E-state index contributed by atoms with van der Waals surface area (Å²) in [4.78, 5) is 23.3. The van der Waals surface area contributed by atoms with E-state index in [0.29, 0.717) is 0 Å². The van der Waals surface area contributed by atoms with Crippen LogP contribution in [0.2, 0.25) is 0 Å². The molecule has 0 fully saturated rings. The number of carbonyl (C=O) groups is 2. The van der Waals surface area contributed by atoms with Crippen LogP contribution >= 0.6 is 0 Å². The lowest BCUT2D eigenvalue weighted by Crippen LogP contribution is -2.52. The molecule has 27 heavy (non-hydrogen) atoms. The number of alkyl halides is 4. The number of ketones is 1. The van der Waals surface area contributed by atoms with Crippen molar-refractivity contribution in [2.75, 3.05) is 0 Å². The lowest BCUT2D eigenvalue weighted by molar-refractivity contribution is -0.391. The molecule has 1 aliphatic rings. The molecule has 5 nitrogen and oxygen atoms in total. The maximum Gasteiger partial charge on any atom is 0.507 e. The maximum absolute atomic E-state index is 13.2. The normalized spacial score (nSPS) is 16.9. The molecule has 2 aromatic rings. The van der Waals surface area contributed by atoms with Gasteiger partial charge in [-0.1, -0.05) is 30.3 Å². The van der Waals surface area contributed by atoms with Crippen molar-refractivity contribution < 1.29 is 41.7 Å². The Balaban J connectivity index is 1.86. The third kappa shape index (κ3) is 3.48. The Morgan fingerprint density at radius 2 is 1.48 bits per heavy atom. The second-order valence-corrected chi connectivity index (χ2v) is 5.49. The average Bonchev–Trinajstić information content (AvgIpc) is 2.60. The van der Waals surface area contributed by atoms with E-state index in [1.807, 2.05) is 0 Å². The molecule has 140 valence electrons. The number of hydrogen-bond acceptors (Lipinski definition) is 4. The zero-order chi connectivity index (χ0) is 19.8. The van der Waals surface area contributed by atoms with Crippen molar-refractivity contribution in [3.63, 3.8) is 0 Å².